The van der Waals surface area contributed by atoms with Gasteiger partial charge in [-0.2, -0.15) is 8.42 Å². The van der Waals surface area contributed by atoms with Crippen molar-refractivity contribution in [3.63, 3.8) is 0 Å². The molecule has 0 saturated heterocycles. The molecule has 0 saturated carbocycles. The van der Waals surface area contributed by atoms with E-state index in [1.807, 2.05) is 0 Å². The van der Waals surface area contributed by atoms with E-state index in [4.69, 9.17) is 4.55 Å². The van der Waals surface area contributed by atoms with Gasteiger partial charge in [0.2, 0.25) is 0 Å². The van der Waals surface area contributed by atoms with Gasteiger partial charge in [-0.25, -0.2) is 4.18 Å². The van der Waals surface area contributed by atoms with Crippen molar-refractivity contribution in [3.05, 3.63) is 0 Å². The number of hydrogen-bond acceptors (Lipinski definition) is 3. The van der Waals surface area contributed by atoms with Crippen LogP contribution in [0.4, 0.5) is 0 Å². The Bertz CT molecular complexity index is 471. The summed E-state index contributed by atoms with van der Waals surface area (Å²) in [5.41, 5.74) is 0. The molecule has 0 aromatic carbocycles. The van der Waals surface area contributed by atoms with Crippen LogP contribution in [-0.4, -0.2) is 19.6 Å². The maximum atomic E-state index is 10.4. The molecular weight excluding hydrogens is 498 g/mol. The SMILES string of the molecule is CCCCCCCCCCCCCCCCCCCCCCCCCCCCOS(=O)(=O)O.[Zn]. The second-order valence-corrected chi connectivity index (χ2v) is 11.2. The standard InChI is InChI=1S/C28H58O4S.Zn/c1-2-3-4-5-6-7-8-9-10-11-12-13-14-15-16-17-18-19-20-21-22-23-24-25-26-27-28-32-33(29,30)31;/h2-28H2,1H3,(H,29,30,31);. The summed E-state index contributed by atoms with van der Waals surface area (Å²) in [5.74, 6) is 0. The minimum absolute atomic E-state index is 0. The van der Waals surface area contributed by atoms with Gasteiger partial charge >= 0.3 is 10.4 Å². The molecule has 0 spiro atoms. The first kappa shape index (κ1) is 36.6. The largest absolute Gasteiger partial charge is 0.397 e. The van der Waals surface area contributed by atoms with E-state index in [0.29, 0.717) is 6.42 Å². The summed E-state index contributed by atoms with van der Waals surface area (Å²) >= 11 is 0. The van der Waals surface area contributed by atoms with E-state index in [2.05, 4.69) is 11.1 Å². The van der Waals surface area contributed by atoms with E-state index in [9.17, 15) is 8.42 Å². The summed E-state index contributed by atoms with van der Waals surface area (Å²) in [5, 5.41) is 0. The van der Waals surface area contributed by atoms with E-state index in [1.165, 1.54) is 148 Å². The number of rotatable bonds is 28. The first-order valence-corrected chi connectivity index (χ1v) is 16.0. The van der Waals surface area contributed by atoms with Crippen LogP contribution in [0.1, 0.15) is 174 Å². The Labute approximate surface area is 226 Å². The maximum absolute atomic E-state index is 10.4. The third-order valence-corrected chi connectivity index (χ3v) is 7.19. The molecule has 0 amide bonds. The Hall–Kier alpha value is 0.493. The molecule has 0 bridgehead atoms. The maximum Gasteiger partial charge on any atom is 0.397 e. The van der Waals surface area contributed by atoms with E-state index < -0.39 is 10.4 Å². The molecule has 0 aliphatic heterocycles. The van der Waals surface area contributed by atoms with Crippen LogP contribution >= 0.6 is 0 Å². The zero-order valence-corrected chi connectivity index (χ0v) is 26.7. The second kappa shape index (κ2) is 29.7. The van der Waals surface area contributed by atoms with Crippen molar-refractivity contribution in [1.82, 2.24) is 0 Å². The van der Waals surface area contributed by atoms with Gasteiger partial charge in [-0.3, -0.25) is 4.55 Å². The van der Waals surface area contributed by atoms with Crippen LogP contribution in [-0.2, 0) is 34.1 Å². The van der Waals surface area contributed by atoms with Gasteiger partial charge in [-0.1, -0.05) is 167 Å². The second-order valence-electron chi connectivity index (χ2n) is 10.1. The molecule has 4 nitrogen and oxygen atoms in total. The molecule has 0 aromatic rings. The summed E-state index contributed by atoms with van der Waals surface area (Å²) in [6.45, 7) is 2.39. The predicted octanol–water partition coefficient (Wildman–Crippen LogP) is 9.97. The quantitative estimate of drug-likeness (QED) is 0.0592. The fourth-order valence-corrected chi connectivity index (χ4v) is 4.91. The molecule has 0 rings (SSSR count). The Morgan fingerprint density at radius 1 is 0.441 bits per heavy atom. The topological polar surface area (TPSA) is 63.6 Å². The Morgan fingerprint density at radius 3 is 0.853 bits per heavy atom. The number of unbranched alkanes of at least 4 members (excludes halogenated alkanes) is 25. The third kappa shape index (κ3) is 34.7. The zero-order valence-electron chi connectivity index (χ0n) is 22.9. The summed E-state index contributed by atoms with van der Waals surface area (Å²) < 4.78 is 33.6. The minimum atomic E-state index is -4.25. The van der Waals surface area contributed by atoms with E-state index in [0.717, 1.165) is 12.8 Å². The molecule has 1 N–H and O–H groups in total. The smallest absolute Gasteiger partial charge is 0.264 e. The van der Waals surface area contributed by atoms with E-state index >= 15 is 0 Å². The van der Waals surface area contributed by atoms with Crippen LogP contribution in [0.5, 0.6) is 0 Å². The van der Waals surface area contributed by atoms with Crippen molar-refractivity contribution in [2.45, 2.75) is 174 Å². The molecule has 0 aromatic heterocycles. The molecule has 202 valence electrons. The van der Waals surface area contributed by atoms with Crippen molar-refractivity contribution in [1.29, 1.82) is 0 Å². The van der Waals surface area contributed by atoms with Gasteiger partial charge in [0, 0.05) is 19.5 Å². The fraction of sp³-hybridized carbons (Fsp3) is 1.00. The van der Waals surface area contributed by atoms with Gasteiger partial charge in [0.1, 0.15) is 0 Å². The minimum Gasteiger partial charge on any atom is -0.264 e. The summed E-state index contributed by atoms with van der Waals surface area (Å²) in [4.78, 5) is 0. The summed E-state index contributed by atoms with van der Waals surface area (Å²) in [6.07, 6.45) is 35.2. The van der Waals surface area contributed by atoms with Gasteiger partial charge < -0.3 is 0 Å². The summed E-state index contributed by atoms with van der Waals surface area (Å²) in [7, 11) is -4.25. The third-order valence-electron chi connectivity index (χ3n) is 6.73. The van der Waals surface area contributed by atoms with Crippen molar-refractivity contribution in [2.24, 2.45) is 0 Å². The van der Waals surface area contributed by atoms with Crippen LogP contribution in [0, 0.1) is 0 Å². The predicted molar refractivity (Wildman–Crippen MR) is 143 cm³/mol. The molecule has 0 unspecified atom stereocenters. The first-order valence-electron chi connectivity index (χ1n) is 14.7. The van der Waals surface area contributed by atoms with Crippen LogP contribution in [0.3, 0.4) is 0 Å². The van der Waals surface area contributed by atoms with Gasteiger partial charge in [-0.15, -0.1) is 0 Å². The van der Waals surface area contributed by atoms with Crippen LogP contribution in [0.15, 0.2) is 0 Å². The van der Waals surface area contributed by atoms with Crippen LogP contribution in [0.2, 0.25) is 0 Å². The normalized spacial score (nSPS) is 11.6. The molecule has 6 heteroatoms. The monoisotopic (exact) mass is 554 g/mol. The molecule has 0 aliphatic rings. The van der Waals surface area contributed by atoms with Gasteiger partial charge in [-0.05, 0) is 6.42 Å². The Balaban J connectivity index is 0. The van der Waals surface area contributed by atoms with Gasteiger partial charge in [0.05, 0.1) is 6.61 Å². The molecule has 0 atom stereocenters. The molecule has 34 heavy (non-hydrogen) atoms. The number of hydrogen-bond donors (Lipinski definition) is 1. The van der Waals surface area contributed by atoms with Crippen LogP contribution < -0.4 is 0 Å². The molecule has 0 heterocycles. The molecule has 0 aliphatic carbocycles. The molecular formula is C28H58O4SZn. The Kier molecular flexibility index (Phi) is 32.0. The van der Waals surface area contributed by atoms with Gasteiger partial charge in [0.15, 0.2) is 0 Å². The van der Waals surface area contributed by atoms with E-state index in [1.54, 1.807) is 0 Å². The van der Waals surface area contributed by atoms with Crippen molar-refractivity contribution < 1.29 is 36.6 Å². The summed E-state index contributed by atoms with van der Waals surface area (Å²) in [6, 6.07) is 0. The van der Waals surface area contributed by atoms with Crippen molar-refractivity contribution >= 4 is 10.4 Å². The van der Waals surface area contributed by atoms with E-state index in [-0.39, 0.29) is 26.1 Å². The average molecular weight is 556 g/mol. The van der Waals surface area contributed by atoms with Crippen LogP contribution in [0.25, 0.3) is 0 Å². The Morgan fingerprint density at radius 2 is 0.647 bits per heavy atom. The average Bonchev–Trinajstić information content (AvgIpc) is 2.78. The molecule has 0 radical (unpaired) electrons. The van der Waals surface area contributed by atoms with Gasteiger partial charge in [0.25, 0.3) is 0 Å². The van der Waals surface area contributed by atoms with Crippen molar-refractivity contribution in [3.8, 4) is 0 Å². The zero-order chi connectivity index (χ0) is 24.3. The first-order chi connectivity index (χ1) is 16.1. The van der Waals surface area contributed by atoms with Crippen molar-refractivity contribution in [2.75, 3.05) is 6.61 Å². The molecule has 0 fully saturated rings. The fourth-order valence-electron chi connectivity index (χ4n) is 4.58.